The molecular formula is C14H21ClN4O. The number of fused-ring (bicyclic) bond motifs is 1. The minimum absolute atomic E-state index is 0.438. The SMILES string of the molecule is CCCc1nn(C)c2c1nc(CCl)n2CC1CCOC1. The molecule has 0 aliphatic carbocycles. The van der Waals surface area contributed by atoms with Crippen molar-refractivity contribution in [2.45, 2.75) is 38.6 Å². The molecule has 110 valence electrons. The first kappa shape index (κ1) is 13.9. The van der Waals surface area contributed by atoms with Gasteiger partial charge in [0.1, 0.15) is 11.3 Å². The first-order valence-corrected chi connectivity index (χ1v) is 7.82. The van der Waals surface area contributed by atoms with Crippen molar-refractivity contribution in [1.82, 2.24) is 19.3 Å². The van der Waals surface area contributed by atoms with Crippen LogP contribution in [0.25, 0.3) is 11.2 Å². The van der Waals surface area contributed by atoms with Crippen molar-refractivity contribution >= 4 is 22.8 Å². The molecule has 0 aromatic carbocycles. The van der Waals surface area contributed by atoms with Crippen molar-refractivity contribution in [2.24, 2.45) is 13.0 Å². The highest BCUT2D eigenvalue weighted by atomic mass is 35.5. The van der Waals surface area contributed by atoms with Crippen molar-refractivity contribution in [2.75, 3.05) is 13.2 Å². The fourth-order valence-corrected chi connectivity index (χ4v) is 3.18. The number of nitrogens with zero attached hydrogens (tertiary/aromatic N) is 4. The molecule has 3 heterocycles. The molecule has 0 amide bonds. The van der Waals surface area contributed by atoms with Crippen molar-refractivity contribution in [3.63, 3.8) is 0 Å². The summed E-state index contributed by atoms with van der Waals surface area (Å²) in [6, 6.07) is 0. The van der Waals surface area contributed by atoms with Crippen LogP contribution >= 0.6 is 11.6 Å². The minimum atomic E-state index is 0.438. The van der Waals surface area contributed by atoms with Gasteiger partial charge in [0.2, 0.25) is 0 Å². The summed E-state index contributed by atoms with van der Waals surface area (Å²) >= 11 is 6.08. The molecule has 0 radical (unpaired) electrons. The Morgan fingerprint density at radius 2 is 2.30 bits per heavy atom. The molecule has 1 fully saturated rings. The third-order valence-electron chi connectivity index (χ3n) is 3.94. The van der Waals surface area contributed by atoms with Gasteiger partial charge in [0.25, 0.3) is 0 Å². The van der Waals surface area contributed by atoms with Crippen LogP contribution < -0.4 is 0 Å². The van der Waals surface area contributed by atoms with Crippen LogP contribution in [0.1, 0.15) is 31.3 Å². The third-order valence-corrected chi connectivity index (χ3v) is 4.18. The zero-order valence-electron chi connectivity index (χ0n) is 12.1. The smallest absolute Gasteiger partial charge is 0.158 e. The maximum Gasteiger partial charge on any atom is 0.158 e. The molecule has 0 saturated carbocycles. The molecule has 1 aliphatic rings. The van der Waals surface area contributed by atoms with Gasteiger partial charge in [-0.15, -0.1) is 11.6 Å². The van der Waals surface area contributed by atoms with Crippen molar-refractivity contribution in [3.8, 4) is 0 Å². The van der Waals surface area contributed by atoms with Crippen LogP contribution in [0.2, 0.25) is 0 Å². The summed E-state index contributed by atoms with van der Waals surface area (Å²) in [6.07, 6.45) is 3.15. The number of aryl methyl sites for hydroxylation is 2. The van der Waals surface area contributed by atoms with E-state index < -0.39 is 0 Å². The summed E-state index contributed by atoms with van der Waals surface area (Å²) in [5.41, 5.74) is 3.19. The van der Waals surface area contributed by atoms with Gasteiger partial charge in [-0.2, -0.15) is 5.10 Å². The Morgan fingerprint density at radius 1 is 1.45 bits per heavy atom. The zero-order chi connectivity index (χ0) is 14.1. The van der Waals surface area contributed by atoms with Gasteiger partial charge in [0.05, 0.1) is 18.2 Å². The molecule has 0 N–H and O–H groups in total. The first-order valence-electron chi connectivity index (χ1n) is 7.29. The number of alkyl halides is 1. The lowest BCUT2D eigenvalue weighted by Gasteiger charge is -2.12. The first-order chi connectivity index (χ1) is 9.74. The Morgan fingerprint density at radius 3 is 2.95 bits per heavy atom. The molecule has 6 heteroatoms. The van der Waals surface area contributed by atoms with Crippen LogP contribution in [-0.4, -0.2) is 32.5 Å². The lowest BCUT2D eigenvalue weighted by Crippen LogP contribution is -2.14. The highest BCUT2D eigenvalue weighted by Crippen LogP contribution is 2.24. The molecule has 5 nitrogen and oxygen atoms in total. The fourth-order valence-electron chi connectivity index (χ4n) is 2.97. The monoisotopic (exact) mass is 296 g/mol. The Kier molecular flexibility index (Phi) is 3.98. The largest absolute Gasteiger partial charge is 0.381 e. The van der Waals surface area contributed by atoms with Crippen LogP contribution in [-0.2, 0) is 30.6 Å². The van der Waals surface area contributed by atoms with E-state index in [-0.39, 0.29) is 0 Å². The standard InChI is InChI=1S/C14H21ClN4O/c1-3-4-11-13-14(18(2)17-11)19(12(7-15)16-13)8-10-5-6-20-9-10/h10H,3-9H2,1-2H3. The van der Waals surface area contributed by atoms with Crippen LogP contribution in [0.4, 0.5) is 0 Å². The summed E-state index contributed by atoms with van der Waals surface area (Å²) in [5, 5.41) is 4.61. The van der Waals surface area contributed by atoms with Crippen LogP contribution in [0.15, 0.2) is 0 Å². The predicted octanol–water partition coefficient (Wildman–Crippen LogP) is 2.50. The van der Waals surface area contributed by atoms with Gasteiger partial charge in [-0.25, -0.2) is 4.98 Å². The summed E-state index contributed by atoms with van der Waals surface area (Å²) < 4.78 is 9.65. The predicted molar refractivity (Wildman–Crippen MR) is 79.0 cm³/mol. The third kappa shape index (κ3) is 2.33. The molecule has 0 bridgehead atoms. The number of aromatic nitrogens is 4. The van der Waals surface area contributed by atoms with Gasteiger partial charge in [-0.05, 0) is 12.8 Å². The second kappa shape index (κ2) is 5.74. The molecule has 1 unspecified atom stereocenters. The van der Waals surface area contributed by atoms with E-state index >= 15 is 0 Å². The van der Waals surface area contributed by atoms with Crippen molar-refractivity contribution in [1.29, 1.82) is 0 Å². The average molecular weight is 297 g/mol. The van der Waals surface area contributed by atoms with E-state index in [1.807, 2.05) is 11.7 Å². The summed E-state index contributed by atoms with van der Waals surface area (Å²) in [6.45, 7) is 4.78. The molecule has 20 heavy (non-hydrogen) atoms. The van der Waals surface area contributed by atoms with Gasteiger partial charge >= 0.3 is 0 Å². The number of hydrogen-bond donors (Lipinski definition) is 0. The quantitative estimate of drug-likeness (QED) is 0.796. The van der Waals surface area contributed by atoms with Gasteiger partial charge in [0.15, 0.2) is 5.65 Å². The van der Waals surface area contributed by atoms with Gasteiger partial charge in [-0.3, -0.25) is 4.68 Å². The van der Waals surface area contributed by atoms with Crippen LogP contribution in [0.3, 0.4) is 0 Å². The van der Waals surface area contributed by atoms with Crippen LogP contribution in [0.5, 0.6) is 0 Å². The highest BCUT2D eigenvalue weighted by Gasteiger charge is 2.23. The fraction of sp³-hybridized carbons (Fsp3) is 0.714. The van der Waals surface area contributed by atoms with E-state index in [1.165, 1.54) is 0 Å². The lowest BCUT2D eigenvalue weighted by molar-refractivity contribution is 0.182. The number of ether oxygens (including phenoxy) is 1. The average Bonchev–Trinajstić information content (AvgIpc) is 3.11. The number of imidazole rings is 1. The molecule has 1 atom stereocenters. The van der Waals surface area contributed by atoms with Crippen molar-refractivity contribution < 1.29 is 4.74 Å². The highest BCUT2D eigenvalue weighted by molar-refractivity contribution is 6.16. The van der Waals surface area contributed by atoms with E-state index in [2.05, 4.69) is 16.6 Å². The molecule has 1 aliphatic heterocycles. The Bertz CT molecular complexity index is 598. The number of hydrogen-bond acceptors (Lipinski definition) is 3. The molecule has 1 saturated heterocycles. The van der Waals surface area contributed by atoms with Crippen molar-refractivity contribution in [3.05, 3.63) is 11.5 Å². The maximum absolute atomic E-state index is 6.08. The maximum atomic E-state index is 6.08. The molecule has 2 aromatic heterocycles. The van der Waals surface area contributed by atoms with Crippen LogP contribution in [0, 0.1) is 5.92 Å². The second-order valence-corrected chi connectivity index (χ2v) is 5.76. The number of halogens is 1. The molecule has 2 aromatic rings. The second-order valence-electron chi connectivity index (χ2n) is 5.49. The van der Waals surface area contributed by atoms with E-state index in [1.54, 1.807) is 0 Å². The normalized spacial score (nSPS) is 19.2. The van der Waals surface area contributed by atoms with Gasteiger partial charge in [0, 0.05) is 26.1 Å². The summed E-state index contributed by atoms with van der Waals surface area (Å²) in [4.78, 5) is 4.72. The minimum Gasteiger partial charge on any atom is -0.381 e. The van der Waals surface area contributed by atoms with Gasteiger partial charge < -0.3 is 9.30 Å². The topological polar surface area (TPSA) is 44.9 Å². The zero-order valence-corrected chi connectivity index (χ0v) is 12.9. The van der Waals surface area contributed by atoms with E-state index in [9.17, 15) is 0 Å². The Balaban J connectivity index is 2.03. The Hall–Kier alpha value is -1.07. The molecule has 0 spiro atoms. The van der Waals surface area contributed by atoms with Gasteiger partial charge in [-0.1, -0.05) is 13.3 Å². The van der Waals surface area contributed by atoms with E-state index in [0.717, 1.165) is 61.7 Å². The lowest BCUT2D eigenvalue weighted by atomic mass is 10.1. The summed E-state index contributed by atoms with van der Waals surface area (Å²) in [5.74, 6) is 1.94. The Labute approximate surface area is 123 Å². The molecule has 3 rings (SSSR count). The molecular weight excluding hydrogens is 276 g/mol. The number of rotatable bonds is 5. The van der Waals surface area contributed by atoms with E-state index in [4.69, 9.17) is 21.3 Å². The van der Waals surface area contributed by atoms with E-state index in [0.29, 0.717) is 11.8 Å². The summed E-state index contributed by atoms with van der Waals surface area (Å²) in [7, 11) is 1.99.